The summed E-state index contributed by atoms with van der Waals surface area (Å²) in [7, 11) is 0. The van der Waals surface area contributed by atoms with Crippen LogP contribution in [0.3, 0.4) is 0 Å². The van der Waals surface area contributed by atoms with Crippen molar-refractivity contribution in [2.45, 2.75) is 32.1 Å². The van der Waals surface area contributed by atoms with E-state index >= 15 is 0 Å². The number of amides is 1. The summed E-state index contributed by atoms with van der Waals surface area (Å²) in [6.45, 7) is 1.57. The molecule has 0 aliphatic heterocycles. The number of benzene rings is 2. The Labute approximate surface area is 140 Å². The highest BCUT2D eigenvalue weighted by molar-refractivity contribution is 5.69. The van der Waals surface area contributed by atoms with Crippen LogP contribution in [0.1, 0.15) is 29.7 Å². The van der Waals surface area contributed by atoms with Gasteiger partial charge in [-0.1, -0.05) is 54.6 Å². The van der Waals surface area contributed by atoms with Gasteiger partial charge in [0.15, 0.2) is 0 Å². The second-order valence-electron chi connectivity index (χ2n) is 5.75. The molecule has 0 fully saturated rings. The highest BCUT2D eigenvalue weighted by Crippen LogP contribution is 2.34. The minimum Gasteiger partial charge on any atom is -0.455 e. The molecule has 0 aromatic heterocycles. The number of carbonyl (C=O) groups excluding carboxylic acids is 2. The maximum atomic E-state index is 12.1. The first-order valence-electron chi connectivity index (χ1n) is 7.85. The van der Waals surface area contributed by atoms with E-state index in [-0.39, 0.29) is 18.6 Å². The average Bonchev–Trinajstić information content (AvgIpc) is 2.91. The second-order valence-corrected chi connectivity index (χ2v) is 5.75. The van der Waals surface area contributed by atoms with Gasteiger partial charge in [-0.05, 0) is 23.1 Å². The molecule has 1 N–H and O–H groups in total. The number of hydrogen-bond acceptors (Lipinski definition) is 4. The summed E-state index contributed by atoms with van der Waals surface area (Å²) < 4.78 is 10.7. The molecule has 5 heteroatoms. The smallest absolute Gasteiger partial charge is 0.407 e. The van der Waals surface area contributed by atoms with Crippen molar-refractivity contribution in [3.05, 3.63) is 71.3 Å². The molecule has 0 heterocycles. The molecule has 124 valence electrons. The summed E-state index contributed by atoms with van der Waals surface area (Å²) in [5.74, 6) is -0.374. The summed E-state index contributed by atoms with van der Waals surface area (Å²) in [6, 6.07) is 16.9. The second kappa shape index (κ2) is 7.17. The molecule has 0 saturated carbocycles. The van der Waals surface area contributed by atoms with Crippen LogP contribution in [-0.4, -0.2) is 18.1 Å². The maximum Gasteiger partial charge on any atom is 0.407 e. The van der Waals surface area contributed by atoms with Crippen LogP contribution in [0, 0.1) is 0 Å². The van der Waals surface area contributed by atoms with Crippen LogP contribution in [0.5, 0.6) is 0 Å². The summed E-state index contributed by atoms with van der Waals surface area (Å²) in [5, 5.41) is 2.81. The first kappa shape index (κ1) is 16.1. The quantitative estimate of drug-likeness (QED) is 0.877. The zero-order valence-electron chi connectivity index (χ0n) is 13.4. The standard InChI is InChI=1S/C19H19NO4/c1-13(21)24-18-16-10-6-5-9-15(16)11-17(18)20-19(22)23-12-14-7-3-2-4-8-14/h2-10,17-18H,11-12H2,1H3,(H,20,22)/t17-,18+/m0/s1. The van der Waals surface area contributed by atoms with Crippen LogP contribution in [0.4, 0.5) is 4.79 Å². The lowest BCUT2D eigenvalue weighted by Crippen LogP contribution is -2.39. The number of nitrogens with one attached hydrogen (secondary N) is 1. The molecule has 2 aromatic carbocycles. The molecule has 0 radical (unpaired) electrons. The Bertz CT molecular complexity index is 729. The van der Waals surface area contributed by atoms with Gasteiger partial charge < -0.3 is 14.8 Å². The molecule has 1 aliphatic carbocycles. The van der Waals surface area contributed by atoms with Crippen molar-refractivity contribution in [1.82, 2.24) is 5.32 Å². The molecular formula is C19H19NO4. The van der Waals surface area contributed by atoms with Gasteiger partial charge in [0.05, 0.1) is 6.04 Å². The van der Waals surface area contributed by atoms with Gasteiger partial charge in [0.2, 0.25) is 0 Å². The van der Waals surface area contributed by atoms with Crippen molar-refractivity contribution in [3.8, 4) is 0 Å². The molecule has 2 atom stereocenters. The molecular weight excluding hydrogens is 306 g/mol. The number of esters is 1. The normalized spacial score (nSPS) is 18.5. The van der Waals surface area contributed by atoms with Crippen molar-refractivity contribution >= 4 is 12.1 Å². The summed E-state index contributed by atoms with van der Waals surface area (Å²) >= 11 is 0. The van der Waals surface area contributed by atoms with Gasteiger partial charge in [0.1, 0.15) is 12.7 Å². The van der Waals surface area contributed by atoms with Crippen molar-refractivity contribution < 1.29 is 19.1 Å². The Morgan fingerprint density at radius 3 is 2.54 bits per heavy atom. The van der Waals surface area contributed by atoms with Crippen LogP contribution in [0.15, 0.2) is 54.6 Å². The Kier molecular flexibility index (Phi) is 4.79. The van der Waals surface area contributed by atoms with E-state index in [0.29, 0.717) is 6.42 Å². The maximum absolute atomic E-state index is 12.1. The molecule has 0 unspecified atom stereocenters. The average molecular weight is 325 g/mol. The Morgan fingerprint density at radius 2 is 1.79 bits per heavy atom. The van der Waals surface area contributed by atoms with Crippen molar-refractivity contribution in [1.29, 1.82) is 0 Å². The van der Waals surface area contributed by atoms with Gasteiger partial charge >= 0.3 is 12.1 Å². The fraction of sp³-hybridized carbons (Fsp3) is 0.263. The number of fused-ring (bicyclic) bond motifs is 1. The van der Waals surface area contributed by atoms with Gasteiger partial charge in [0, 0.05) is 6.92 Å². The molecule has 24 heavy (non-hydrogen) atoms. The number of hydrogen-bond donors (Lipinski definition) is 1. The van der Waals surface area contributed by atoms with Crippen molar-refractivity contribution in [3.63, 3.8) is 0 Å². The fourth-order valence-corrected chi connectivity index (χ4v) is 2.93. The third-order valence-corrected chi connectivity index (χ3v) is 3.98. The van der Waals surface area contributed by atoms with E-state index in [1.165, 1.54) is 6.92 Å². The molecule has 2 aromatic rings. The van der Waals surface area contributed by atoms with Gasteiger partial charge in [-0.25, -0.2) is 4.79 Å². The van der Waals surface area contributed by atoms with Crippen LogP contribution in [-0.2, 0) is 27.3 Å². The van der Waals surface area contributed by atoms with Gasteiger partial charge in [0.25, 0.3) is 0 Å². The molecule has 0 saturated heterocycles. The van der Waals surface area contributed by atoms with Gasteiger partial charge in [-0.15, -0.1) is 0 Å². The number of alkyl carbamates (subject to hydrolysis) is 1. The third-order valence-electron chi connectivity index (χ3n) is 3.98. The first-order valence-corrected chi connectivity index (χ1v) is 7.85. The van der Waals surface area contributed by atoms with E-state index in [2.05, 4.69) is 5.32 Å². The molecule has 0 spiro atoms. The van der Waals surface area contributed by atoms with Crippen LogP contribution < -0.4 is 5.32 Å². The van der Waals surface area contributed by atoms with Gasteiger partial charge in [-0.3, -0.25) is 4.79 Å². The lowest BCUT2D eigenvalue weighted by Gasteiger charge is -2.21. The predicted molar refractivity (Wildman–Crippen MR) is 88.2 cm³/mol. The molecule has 1 aliphatic rings. The molecule has 3 rings (SSSR count). The topological polar surface area (TPSA) is 64.6 Å². The first-order chi connectivity index (χ1) is 11.6. The number of ether oxygens (including phenoxy) is 2. The number of rotatable bonds is 4. The van der Waals surface area contributed by atoms with Crippen LogP contribution in [0.25, 0.3) is 0 Å². The largest absolute Gasteiger partial charge is 0.455 e. The minimum absolute atomic E-state index is 0.199. The molecule has 1 amide bonds. The van der Waals surface area contributed by atoms with Crippen molar-refractivity contribution in [2.24, 2.45) is 0 Å². The lowest BCUT2D eigenvalue weighted by molar-refractivity contribution is -0.147. The van der Waals surface area contributed by atoms with E-state index in [4.69, 9.17) is 9.47 Å². The van der Waals surface area contributed by atoms with Crippen molar-refractivity contribution in [2.75, 3.05) is 0 Å². The van der Waals surface area contributed by atoms with Crippen LogP contribution >= 0.6 is 0 Å². The lowest BCUT2D eigenvalue weighted by atomic mass is 10.1. The summed E-state index contributed by atoms with van der Waals surface area (Å²) in [4.78, 5) is 23.5. The van der Waals surface area contributed by atoms with E-state index in [1.807, 2.05) is 54.6 Å². The fourth-order valence-electron chi connectivity index (χ4n) is 2.93. The minimum atomic E-state index is -0.520. The third kappa shape index (κ3) is 3.74. The van der Waals surface area contributed by atoms with E-state index in [1.54, 1.807) is 0 Å². The summed E-state index contributed by atoms with van der Waals surface area (Å²) in [5.41, 5.74) is 2.91. The molecule has 5 nitrogen and oxygen atoms in total. The Hall–Kier alpha value is -2.82. The van der Waals surface area contributed by atoms with Gasteiger partial charge in [-0.2, -0.15) is 0 Å². The molecule has 0 bridgehead atoms. The number of carbonyl (C=O) groups is 2. The van der Waals surface area contributed by atoms with E-state index in [0.717, 1.165) is 16.7 Å². The Morgan fingerprint density at radius 1 is 1.08 bits per heavy atom. The monoisotopic (exact) mass is 325 g/mol. The summed E-state index contributed by atoms with van der Waals surface area (Å²) in [6.07, 6.45) is -0.397. The highest BCUT2D eigenvalue weighted by Gasteiger charge is 2.36. The zero-order chi connectivity index (χ0) is 16.9. The SMILES string of the molecule is CC(=O)O[C@@H]1c2ccccc2C[C@@H]1NC(=O)OCc1ccccc1. The zero-order valence-corrected chi connectivity index (χ0v) is 13.4. The predicted octanol–water partition coefficient (Wildman–Crippen LogP) is 3.14. The van der Waals surface area contributed by atoms with E-state index < -0.39 is 12.2 Å². The van der Waals surface area contributed by atoms with Crippen LogP contribution in [0.2, 0.25) is 0 Å². The highest BCUT2D eigenvalue weighted by atomic mass is 16.6. The Balaban J connectivity index is 1.63. The van der Waals surface area contributed by atoms with E-state index in [9.17, 15) is 9.59 Å².